The van der Waals surface area contributed by atoms with Crippen LogP contribution in [-0.2, 0) is 0 Å². The topological polar surface area (TPSA) is 108 Å². The highest BCUT2D eigenvalue weighted by Gasteiger charge is 2.19. The lowest BCUT2D eigenvalue weighted by Gasteiger charge is -2.12. The Kier molecular flexibility index (Phi) is 6.22. The smallest absolute Gasteiger partial charge is 0.347 e. The van der Waals surface area contributed by atoms with Gasteiger partial charge in [-0.3, -0.25) is 10.4 Å². The Bertz CT molecular complexity index is 755. The lowest BCUT2D eigenvalue weighted by atomic mass is 10.2. The van der Waals surface area contributed by atoms with Crippen LogP contribution < -0.4 is 19.9 Å². The molecule has 1 aromatic carbocycles. The van der Waals surface area contributed by atoms with Gasteiger partial charge in [0.1, 0.15) is 22.9 Å². The van der Waals surface area contributed by atoms with Crippen molar-refractivity contribution in [2.45, 2.75) is 0 Å². The van der Waals surface area contributed by atoms with Crippen molar-refractivity contribution in [2.75, 3.05) is 12.1 Å². The molecule has 126 valence electrons. The number of nitrogens with one attached hydrogen (secondary N) is 1. The zero-order valence-corrected chi connectivity index (χ0v) is 13.8. The van der Waals surface area contributed by atoms with Crippen molar-refractivity contribution in [3.05, 3.63) is 47.8 Å². The van der Waals surface area contributed by atoms with E-state index in [-0.39, 0.29) is 40.6 Å². The first-order valence-electron chi connectivity index (χ1n) is 6.59. The Morgan fingerprint density at radius 1 is 1.12 bits per heavy atom. The molecule has 1 heterocycles. The van der Waals surface area contributed by atoms with E-state index in [1.807, 2.05) is 0 Å². The van der Waals surface area contributed by atoms with Crippen molar-refractivity contribution in [1.82, 2.24) is 4.98 Å². The maximum atomic E-state index is 12.5. The van der Waals surface area contributed by atoms with Gasteiger partial charge in [-0.25, -0.2) is 4.79 Å². The number of benzene rings is 1. The van der Waals surface area contributed by atoms with Gasteiger partial charge < -0.3 is 19.9 Å². The van der Waals surface area contributed by atoms with Crippen LogP contribution in [0.15, 0.2) is 36.7 Å². The predicted molar refractivity (Wildman–Crippen MR) is 89.3 cm³/mol. The first kappa shape index (κ1) is 17.8. The lowest BCUT2D eigenvalue weighted by Crippen LogP contribution is -2.17. The fourth-order valence-corrected chi connectivity index (χ4v) is 2.09. The number of carbonyl (C=O) groups excluding carboxylic acids is 1. The van der Waals surface area contributed by atoms with E-state index >= 15 is 0 Å². The molecule has 0 bridgehead atoms. The van der Waals surface area contributed by atoms with Gasteiger partial charge in [0, 0.05) is 6.20 Å². The second-order valence-corrected chi connectivity index (χ2v) is 4.78. The van der Waals surface area contributed by atoms with Crippen molar-refractivity contribution in [3.63, 3.8) is 0 Å². The number of nitrogens with two attached hydrogens (primary N) is 1. The van der Waals surface area contributed by atoms with Crippen molar-refractivity contribution in [1.29, 1.82) is 5.41 Å². The molecule has 3 N–H and O–H groups in total. The highest BCUT2D eigenvalue weighted by Crippen LogP contribution is 2.27. The van der Waals surface area contributed by atoms with E-state index < -0.39 is 5.97 Å². The summed E-state index contributed by atoms with van der Waals surface area (Å²) in [6.07, 6.45) is 2.72. The van der Waals surface area contributed by atoms with E-state index in [1.54, 1.807) is 6.07 Å². The molecule has 0 saturated heterocycles. The molecular formula is C15H13Cl2N3O4. The normalized spacial score (nSPS) is 10.1. The number of alkyl halides is 2. The Morgan fingerprint density at radius 3 is 2.54 bits per heavy atom. The molecule has 2 rings (SSSR count). The van der Waals surface area contributed by atoms with Gasteiger partial charge in [-0.15, -0.1) is 0 Å². The zero-order chi connectivity index (χ0) is 17.5. The standard InChI is InChI=1S/C15H13Cl2N3O4/c16-7-22-9-1-2-12(23-8-17)11(5-9)15(21)24-13-6-20-4-3-10(13)14(18)19/h1-6H,7-8H2,(H3,18,19). The number of esters is 1. The fraction of sp³-hybridized carbons (Fsp3) is 0.133. The minimum absolute atomic E-state index is 0.0514. The molecule has 0 aliphatic heterocycles. The third kappa shape index (κ3) is 4.27. The molecule has 2 aromatic rings. The first-order chi connectivity index (χ1) is 11.6. The van der Waals surface area contributed by atoms with E-state index in [2.05, 4.69) is 4.98 Å². The van der Waals surface area contributed by atoms with Crippen LogP contribution in [0.25, 0.3) is 0 Å². The summed E-state index contributed by atoms with van der Waals surface area (Å²) >= 11 is 11.1. The lowest BCUT2D eigenvalue weighted by molar-refractivity contribution is 0.0729. The molecule has 24 heavy (non-hydrogen) atoms. The van der Waals surface area contributed by atoms with Gasteiger partial charge in [0.25, 0.3) is 0 Å². The van der Waals surface area contributed by atoms with Crippen LogP contribution in [0, 0.1) is 5.41 Å². The molecular weight excluding hydrogens is 357 g/mol. The number of hydrogen-bond donors (Lipinski definition) is 2. The number of aromatic nitrogens is 1. The fourth-order valence-electron chi connectivity index (χ4n) is 1.84. The van der Waals surface area contributed by atoms with Gasteiger partial charge in [0.2, 0.25) is 0 Å². The Labute approximate surface area is 147 Å². The Hall–Kier alpha value is -2.51. The second kappa shape index (κ2) is 8.37. The molecule has 0 unspecified atom stereocenters. The molecule has 0 atom stereocenters. The zero-order valence-electron chi connectivity index (χ0n) is 12.3. The number of nitrogen functional groups attached to an aromatic ring is 1. The molecule has 0 radical (unpaired) electrons. The van der Waals surface area contributed by atoms with E-state index in [1.165, 1.54) is 30.6 Å². The third-order valence-corrected chi connectivity index (χ3v) is 3.10. The summed E-state index contributed by atoms with van der Waals surface area (Å²) in [7, 11) is 0. The third-order valence-electron chi connectivity index (χ3n) is 2.88. The molecule has 0 aliphatic rings. The maximum absolute atomic E-state index is 12.5. The van der Waals surface area contributed by atoms with Crippen LogP contribution in [0.2, 0.25) is 0 Å². The summed E-state index contributed by atoms with van der Waals surface area (Å²) in [6.45, 7) is 0. The number of halogens is 2. The number of carbonyl (C=O) groups is 1. The minimum Gasteiger partial charge on any atom is -0.478 e. The van der Waals surface area contributed by atoms with Crippen molar-refractivity contribution in [2.24, 2.45) is 5.73 Å². The van der Waals surface area contributed by atoms with Gasteiger partial charge in [-0.05, 0) is 24.3 Å². The van der Waals surface area contributed by atoms with Gasteiger partial charge in [0.15, 0.2) is 17.9 Å². The number of ether oxygens (including phenoxy) is 3. The van der Waals surface area contributed by atoms with E-state index in [0.29, 0.717) is 5.75 Å². The Balaban J connectivity index is 2.35. The van der Waals surface area contributed by atoms with Crippen LogP contribution in [0.1, 0.15) is 15.9 Å². The number of hydrogen-bond acceptors (Lipinski definition) is 6. The predicted octanol–water partition coefficient (Wildman–Crippen LogP) is 2.74. The first-order valence-corrected chi connectivity index (χ1v) is 7.66. The summed E-state index contributed by atoms with van der Waals surface area (Å²) in [6, 6.07) is 5.73. The summed E-state index contributed by atoms with van der Waals surface area (Å²) in [4.78, 5) is 16.3. The van der Waals surface area contributed by atoms with Crippen LogP contribution in [0.3, 0.4) is 0 Å². The minimum atomic E-state index is -0.745. The van der Waals surface area contributed by atoms with Crippen molar-refractivity contribution in [3.8, 4) is 17.2 Å². The van der Waals surface area contributed by atoms with Gasteiger partial charge in [0.05, 0.1) is 11.8 Å². The monoisotopic (exact) mass is 369 g/mol. The van der Waals surface area contributed by atoms with Gasteiger partial charge >= 0.3 is 5.97 Å². The number of rotatable bonds is 7. The highest BCUT2D eigenvalue weighted by atomic mass is 35.5. The Morgan fingerprint density at radius 2 is 1.88 bits per heavy atom. The molecule has 7 nitrogen and oxygen atoms in total. The molecule has 0 spiro atoms. The second-order valence-electron chi connectivity index (χ2n) is 4.34. The largest absolute Gasteiger partial charge is 0.478 e. The average molecular weight is 370 g/mol. The summed E-state index contributed by atoms with van der Waals surface area (Å²) in [5, 5.41) is 7.50. The van der Waals surface area contributed by atoms with Crippen LogP contribution >= 0.6 is 23.2 Å². The van der Waals surface area contributed by atoms with E-state index in [0.717, 1.165) is 0 Å². The van der Waals surface area contributed by atoms with Crippen LogP contribution in [-0.4, -0.2) is 28.9 Å². The van der Waals surface area contributed by atoms with Crippen LogP contribution in [0.5, 0.6) is 17.2 Å². The van der Waals surface area contributed by atoms with Crippen molar-refractivity contribution < 1.29 is 19.0 Å². The molecule has 0 saturated carbocycles. The highest BCUT2D eigenvalue weighted by molar-refractivity contribution is 6.17. The van der Waals surface area contributed by atoms with E-state index in [4.69, 9.17) is 48.6 Å². The van der Waals surface area contributed by atoms with Gasteiger partial charge in [-0.2, -0.15) is 0 Å². The molecule has 1 aromatic heterocycles. The van der Waals surface area contributed by atoms with Crippen LogP contribution in [0.4, 0.5) is 0 Å². The number of amidine groups is 1. The molecule has 0 amide bonds. The molecule has 9 heteroatoms. The SMILES string of the molecule is N=C(N)c1ccncc1OC(=O)c1cc(OCCl)ccc1OCCl. The molecule has 0 aliphatic carbocycles. The maximum Gasteiger partial charge on any atom is 0.347 e. The molecule has 0 fully saturated rings. The average Bonchev–Trinajstić information content (AvgIpc) is 2.57. The van der Waals surface area contributed by atoms with E-state index in [9.17, 15) is 4.79 Å². The van der Waals surface area contributed by atoms with Crippen molar-refractivity contribution >= 4 is 35.0 Å². The number of pyridine rings is 1. The quantitative estimate of drug-likeness (QED) is 0.336. The number of nitrogens with zero attached hydrogens (tertiary/aromatic N) is 1. The summed E-state index contributed by atoms with van der Waals surface area (Å²) in [5.41, 5.74) is 5.78. The van der Waals surface area contributed by atoms with Gasteiger partial charge in [-0.1, -0.05) is 23.2 Å². The summed E-state index contributed by atoms with van der Waals surface area (Å²) in [5.74, 6) is -0.375. The summed E-state index contributed by atoms with van der Waals surface area (Å²) < 4.78 is 15.6.